The summed E-state index contributed by atoms with van der Waals surface area (Å²) in [6, 6.07) is 7.95. The summed E-state index contributed by atoms with van der Waals surface area (Å²) in [5.41, 5.74) is 2.17. The first-order valence-electron chi connectivity index (χ1n) is 9.67. The Hall–Kier alpha value is -2.62. The fraction of sp³-hybridized carbons (Fsp3) is 0.333. The number of aryl methyl sites for hydroxylation is 2. The molecule has 1 aliphatic rings. The molecule has 2 amide bonds. The standard InChI is InChI=1S/C21H24ClN3O5S/c1-5-17-21(27)24-16-9-13(3)19(10-18(16)30-17)31(28,29)25(4)11-20(26)23-15-7-6-14(22)8-12(15)2/h6-10,17H,5,11H2,1-4H3,(H,23,26)(H,24,27)/t17-/m0/s1. The van der Waals surface area contributed by atoms with Crippen LogP contribution in [0, 0.1) is 13.8 Å². The molecule has 0 unspecified atom stereocenters. The largest absolute Gasteiger partial charge is 0.478 e. The van der Waals surface area contributed by atoms with Crippen LogP contribution in [0.2, 0.25) is 5.02 Å². The van der Waals surface area contributed by atoms with Gasteiger partial charge in [0, 0.05) is 23.8 Å². The number of halogens is 1. The van der Waals surface area contributed by atoms with E-state index in [1.54, 1.807) is 45.0 Å². The number of likely N-dealkylation sites (N-methyl/N-ethyl adjacent to an activating group) is 1. The van der Waals surface area contributed by atoms with Crippen LogP contribution >= 0.6 is 11.6 Å². The number of sulfonamides is 1. The van der Waals surface area contributed by atoms with Crippen LogP contribution in [0.15, 0.2) is 35.2 Å². The van der Waals surface area contributed by atoms with Crippen molar-refractivity contribution in [1.82, 2.24) is 4.31 Å². The molecule has 2 aromatic carbocycles. The second-order valence-electron chi connectivity index (χ2n) is 7.39. The van der Waals surface area contributed by atoms with Crippen molar-refractivity contribution in [3.8, 4) is 5.75 Å². The van der Waals surface area contributed by atoms with E-state index < -0.39 is 22.0 Å². The molecule has 1 aliphatic heterocycles. The quantitative estimate of drug-likeness (QED) is 0.680. The van der Waals surface area contributed by atoms with Gasteiger partial charge in [0.1, 0.15) is 5.75 Å². The lowest BCUT2D eigenvalue weighted by Gasteiger charge is -2.27. The maximum Gasteiger partial charge on any atom is 0.265 e. The van der Waals surface area contributed by atoms with Gasteiger partial charge >= 0.3 is 0 Å². The molecule has 1 heterocycles. The number of ether oxygens (including phenoxy) is 1. The fourth-order valence-electron chi connectivity index (χ4n) is 3.24. The molecular formula is C21H24ClN3O5S. The van der Waals surface area contributed by atoms with Crippen molar-refractivity contribution in [2.75, 3.05) is 24.2 Å². The van der Waals surface area contributed by atoms with Crippen LogP contribution in [0.25, 0.3) is 0 Å². The van der Waals surface area contributed by atoms with Crippen molar-refractivity contribution in [3.05, 3.63) is 46.5 Å². The second-order valence-corrected chi connectivity index (χ2v) is 9.84. The van der Waals surface area contributed by atoms with Gasteiger partial charge in [-0.2, -0.15) is 4.31 Å². The van der Waals surface area contributed by atoms with Gasteiger partial charge in [-0.1, -0.05) is 18.5 Å². The molecule has 0 fully saturated rings. The van der Waals surface area contributed by atoms with Gasteiger partial charge in [-0.15, -0.1) is 0 Å². The van der Waals surface area contributed by atoms with Gasteiger partial charge in [0.05, 0.1) is 17.1 Å². The molecule has 31 heavy (non-hydrogen) atoms. The summed E-state index contributed by atoms with van der Waals surface area (Å²) in [5.74, 6) is -0.469. The van der Waals surface area contributed by atoms with E-state index in [1.807, 2.05) is 0 Å². The summed E-state index contributed by atoms with van der Waals surface area (Å²) in [5, 5.41) is 5.97. The smallest absolute Gasteiger partial charge is 0.265 e. The van der Waals surface area contributed by atoms with Crippen LogP contribution in [-0.4, -0.2) is 44.2 Å². The van der Waals surface area contributed by atoms with Gasteiger partial charge in [0.15, 0.2) is 6.10 Å². The summed E-state index contributed by atoms with van der Waals surface area (Å²) in [6.45, 7) is 4.84. The predicted molar refractivity (Wildman–Crippen MR) is 119 cm³/mol. The highest BCUT2D eigenvalue weighted by Crippen LogP contribution is 2.35. The summed E-state index contributed by atoms with van der Waals surface area (Å²) in [7, 11) is -2.65. The average molecular weight is 466 g/mol. The number of carbonyl (C=O) groups is 2. The Bertz CT molecular complexity index is 1150. The Kier molecular flexibility index (Phi) is 6.59. The van der Waals surface area contributed by atoms with E-state index in [2.05, 4.69) is 10.6 Å². The summed E-state index contributed by atoms with van der Waals surface area (Å²) >= 11 is 5.92. The number of hydrogen-bond acceptors (Lipinski definition) is 5. The summed E-state index contributed by atoms with van der Waals surface area (Å²) < 4.78 is 32.9. The van der Waals surface area contributed by atoms with E-state index in [0.29, 0.717) is 28.4 Å². The first kappa shape index (κ1) is 23.1. The molecule has 8 nitrogen and oxygen atoms in total. The minimum absolute atomic E-state index is 0.00947. The van der Waals surface area contributed by atoms with E-state index >= 15 is 0 Å². The zero-order valence-electron chi connectivity index (χ0n) is 17.7. The van der Waals surface area contributed by atoms with E-state index in [4.69, 9.17) is 16.3 Å². The van der Waals surface area contributed by atoms with Gasteiger partial charge in [-0.3, -0.25) is 9.59 Å². The maximum absolute atomic E-state index is 13.1. The Morgan fingerprint density at radius 3 is 2.58 bits per heavy atom. The molecule has 0 saturated carbocycles. The molecule has 166 valence electrons. The zero-order valence-corrected chi connectivity index (χ0v) is 19.2. The highest BCUT2D eigenvalue weighted by Gasteiger charge is 2.31. The minimum Gasteiger partial charge on any atom is -0.478 e. The number of hydrogen-bond donors (Lipinski definition) is 2. The monoisotopic (exact) mass is 465 g/mol. The lowest BCUT2D eigenvalue weighted by Crippen LogP contribution is -2.37. The van der Waals surface area contributed by atoms with Crippen molar-refractivity contribution >= 4 is 44.8 Å². The molecule has 3 rings (SSSR count). The normalized spacial score (nSPS) is 15.8. The topological polar surface area (TPSA) is 105 Å². The predicted octanol–water partition coefficient (Wildman–Crippen LogP) is 3.33. The minimum atomic E-state index is -3.99. The number of carbonyl (C=O) groups excluding carboxylic acids is 2. The van der Waals surface area contributed by atoms with Gasteiger partial charge in [-0.05, 0) is 55.7 Å². The van der Waals surface area contributed by atoms with Crippen molar-refractivity contribution in [2.45, 2.75) is 38.2 Å². The van der Waals surface area contributed by atoms with Gasteiger partial charge in [0.25, 0.3) is 5.91 Å². The Morgan fingerprint density at radius 2 is 1.94 bits per heavy atom. The summed E-state index contributed by atoms with van der Waals surface area (Å²) in [4.78, 5) is 24.4. The lowest BCUT2D eigenvalue weighted by molar-refractivity contribution is -0.123. The number of nitrogens with one attached hydrogen (secondary N) is 2. The third-order valence-electron chi connectivity index (χ3n) is 4.98. The average Bonchev–Trinajstić information content (AvgIpc) is 2.69. The number of nitrogens with zero attached hydrogens (tertiary/aromatic N) is 1. The number of anilines is 2. The van der Waals surface area contributed by atoms with Crippen LogP contribution < -0.4 is 15.4 Å². The molecule has 1 atom stereocenters. The third kappa shape index (κ3) is 4.84. The fourth-order valence-corrected chi connectivity index (χ4v) is 4.81. The third-order valence-corrected chi connectivity index (χ3v) is 7.16. The molecule has 2 aromatic rings. The van der Waals surface area contributed by atoms with Gasteiger partial charge in [0.2, 0.25) is 15.9 Å². The molecule has 0 aromatic heterocycles. The number of fused-ring (bicyclic) bond motifs is 1. The first-order valence-corrected chi connectivity index (χ1v) is 11.5. The van der Waals surface area contributed by atoms with E-state index in [1.165, 1.54) is 13.1 Å². The summed E-state index contributed by atoms with van der Waals surface area (Å²) in [6.07, 6.45) is -0.234. The molecule has 10 heteroatoms. The highest BCUT2D eigenvalue weighted by atomic mass is 35.5. The van der Waals surface area contributed by atoms with Crippen LogP contribution in [0.3, 0.4) is 0 Å². The van der Waals surface area contributed by atoms with E-state index in [9.17, 15) is 18.0 Å². The van der Waals surface area contributed by atoms with E-state index in [-0.39, 0.29) is 23.1 Å². The number of benzene rings is 2. The molecule has 2 N–H and O–H groups in total. The molecule has 0 saturated heterocycles. The van der Waals surface area contributed by atoms with Crippen LogP contribution in [-0.2, 0) is 19.6 Å². The Labute approximate surface area is 186 Å². The van der Waals surface area contributed by atoms with Gasteiger partial charge in [-0.25, -0.2) is 8.42 Å². The van der Waals surface area contributed by atoms with Crippen molar-refractivity contribution in [3.63, 3.8) is 0 Å². The van der Waals surface area contributed by atoms with Crippen LogP contribution in [0.4, 0.5) is 11.4 Å². The molecule has 0 aliphatic carbocycles. The Morgan fingerprint density at radius 1 is 1.23 bits per heavy atom. The Balaban J connectivity index is 1.80. The lowest BCUT2D eigenvalue weighted by atomic mass is 10.1. The molecule has 0 bridgehead atoms. The maximum atomic E-state index is 13.1. The van der Waals surface area contributed by atoms with Crippen LogP contribution in [0.5, 0.6) is 5.75 Å². The van der Waals surface area contributed by atoms with Crippen LogP contribution in [0.1, 0.15) is 24.5 Å². The molecule has 0 radical (unpaired) electrons. The van der Waals surface area contributed by atoms with Crippen molar-refractivity contribution in [2.24, 2.45) is 0 Å². The highest BCUT2D eigenvalue weighted by molar-refractivity contribution is 7.89. The van der Waals surface area contributed by atoms with Crippen molar-refractivity contribution in [1.29, 1.82) is 0 Å². The zero-order chi connectivity index (χ0) is 22.9. The van der Waals surface area contributed by atoms with Crippen molar-refractivity contribution < 1.29 is 22.7 Å². The van der Waals surface area contributed by atoms with Gasteiger partial charge < -0.3 is 15.4 Å². The molecule has 0 spiro atoms. The van der Waals surface area contributed by atoms with E-state index in [0.717, 1.165) is 9.87 Å². The molecular weight excluding hydrogens is 442 g/mol. The second kappa shape index (κ2) is 8.86. The number of rotatable bonds is 6. The first-order chi connectivity index (χ1) is 14.5. The number of amides is 2. The SMILES string of the molecule is CC[C@@H]1Oc2cc(S(=O)(=O)N(C)CC(=O)Nc3ccc(Cl)cc3C)c(C)cc2NC1=O.